The number of carbonyl (C=O) groups is 5. The van der Waals surface area contributed by atoms with Gasteiger partial charge in [0.25, 0.3) is 0 Å². The molecule has 164 valence electrons. The first kappa shape index (κ1) is 30.5. The third-order valence-electron chi connectivity index (χ3n) is 3.50. The van der Waals surface area contributed by atoms with Gasteiger partial charge in [-0.15, -0.1) is 0 Å². The molecule has 0 aromatic rings. The van der Waals surface area contributed by atoms with Gasteiger partial charge in [0.2, 0.25) is 5.91 Å². The highest BCUT2D eigenvalue weighted by Gasteiger charge is 2.29. The second-order valence-corrected chi connectivity index (χ2v) is 5.53. The molecule has 1 fully saturated rings. The number of aliphatic hydroxyl groups is 1. The van der Waals surface area contributed by atoms with Gasteiger partial charge in [-0.3, -0.25) is 14.5 Å². The Hall–Kier alpha value is -2.21. The van der Waals surface area contributed by atoms with Crippen LogP contribution in [0.1, 0.15) is 32.1 Å². The maximum absolute atomic E-state index is 11.7. The van der Waals surface area contributed by atoms with Crippen LogP contribution in [0.3, 0.4) is 0 Å². The van der Waals surface area contributed by atoms with E-state index in [1.165, 1.54) is 7.05 Å². The van der Waals surface area contributed by atoms with Crippen LogP contribution in [0, 0.1) is 0 Å². The monoisotopic (exact) mass is 406 g/mol. The first-order chi connectivity index (χ1) is 13.3. The molecule has 7 N–H and O–H groups in total. The topological polar surface area (TPSA) is 193 Å². The lowest BCUT2D eigenvalue weighted by molar-refractivity contribution is -0.139. The number of nitrogens with one attached hydrogen (secondary N) is 1. The minimum atomic E-state index is -1.10. The normalized spacial score (nSPS) is 17.0. The number of rotatable bonds is 9. The summed E-state index contributed by atoms with van der Waals surface area (Å²) < 4.78 is 0. The minimum Gasteiger partial charge on any atom is -0.481 e. The van der Waals surface area contributed by atoms with Crippen molar-refractivity contribution in [2.24, 2.45) is 11.5 Å². The van der Waals surface area contributed by atoms with Crippen LogP contribution in [0.4, 0.5) is 0 Å². The summed E-state index contributed by atoms with van der Waals surface area (Å²) in [6.45, 7) is 0.850. The number of nitrogens with zero attached hydrogens (tertiary/aromatic N) is 1. The van der Waals surface area contributed by atoms with Crippen LogP contribution in [-0.4, -0.2) is 91.7 Å². The number of carbonyl (C=O) groups excluding carboxylic acids is 4. The van der Waals surface area contributed by atoms with Crippen LogP contribution in [0.25, 0.3) is 0 Å². The molecule has 0 aromatic heterocycles. The molecular formula is C17H34N4O7. The van der Waals surface area contributed by atoms with Crippen molar-refractivity contribution in [3.8, 4) is 0 Å². The molecular weight excluding hydrogens is 372 g/mol. The van der Waals surface area contributed by atoms with Crippen molar-refractivity contribution in [2.45, 2.75) is 50.2 Å². The molecule has 1 amide bonds. The van der Waals surface area contributed by atoms with E-state index in [9.17, 15) is 24.0 Å². The number of likely N-dealkylation sites (tertiary alicyclic amines) is 1. The molecule has 1 heterocycles. The third-order valence-corrected chi connectivity index (χ3v) is 3.50. The lowest BCUT2D eigenvalue weighted by atomic mass is 10.1. The quantitative estimate of drug-likeness (QED) is 0.265. The molecule has 0 radical (unpaired) electrons. The van der Waals surface area contributed by atoms with Crippen LogP contribution in [0.2, 0.25) is 0 Å². The molecule has 11 heteroatoms. The number of hydrogen-bond acceptors (Lipinski definition) is 9. The second kappa shape index (κ2) is 21.1. The third kappa shape index (κ3) is 16.0. The molecule has 28 heavy (non-hydrogen) atoms. The van der Waals surface area contributed by atoms with Gasteiger partial charge < -0.3 is 41.4 Å². The van der Waals surface area contributed by atoms with E-state index < -0.39 is 18.1 Å². The molecule has 3 unspecified atom stereocenters. The highest BCUT2D eigenvalue weighted by atomic mass is 16.4. The average molecular weight is 406 g/mol. The fraction of sp³-hybridized carbons (Fsp3) is 0.706. The molecule has 1 rings (SSSR count). The Bertz CT molecular complexity index is 449. The molecule has 0 aromatic carbocycles. The minimum absolute atomic E-state index is 0.240. The zero-order valence-corrected chi connectivity index (χ0v) is 16.7. The zero-order chi connectivity index (χ0) is 22.5. The number of carboxylic acid groups (broad SMARTS) is 1. The molecule has 3 atom stereocenters. The summed E-state index contributed by atoms with van der Waals surface area (Å²) >= 11 is 0. The molecule has 1 saturated heterocycles. The van der Waals surface area contributed by atoms with Crippen molar-refractivity contribution in [1.29, 1.82) is 0 Å². The van der Waals surface area contributed by atoms with Crippen LogP contribution < -0.4 is 16.8 Å². The number of amides is 1. The van der Waals surface area contributed by atoms with E-state index in [0.717, 1.165) is 32.8 Å². The van der Waals surface area contributed by atoms with E-state index in [0.29, 0.717) is 25.4 Å². The highest BCUT2D eigenvalue weighted by Crippen LogP contribution is 2.14. The summed E-state index contributed by atoms with van der Waals surface area (Å²) in [6, 6.07) is -1.63. The van der Waals surface area contributed by atoms with E-state index >= 15 is 0 Å². The maximum Gasteiger partial charge on any atom is 0.305 e. The fourth-order valence-corrected chi connectivity index (χ4v) is 2.17. The molecule has 1 aliphatic rings. The fourth-order valence-electron chi connectivity index (χ4n) is 2.17. The van der Waals surface area contributed by atoms with Gasteiger partial charge in [-0.1, -0.05) is 0 Å². The number of hydrogen-bond donors (Lipinski definition) is 5. The first-order valence-electron chi connectivity index (χ1n) is 8.70. The number of likely N-dealkylation sites (N-methyl/N-ethyl adjacent to an activating group) is 1. The maximum atomic E-state index is 11.7. The largest absolute Gasteiger partial charge is 0.481 e. The SMILES string of the molecule is CN.CN1CCCC1C(=O)NC(C=O)CC(=O)O.CO.NC(C=O)CCC=O. The van der Waals surface area contributed by atoms with Gasteiger partial charge in [0.15, 0.2) is 0 Å². The van der Waals surface area contributed by atoms with Crippen LogP contribution in [-0.2, 0) is 24.0 Å². The summed E-state index contributed by atoms with van der Waals surface area (Å²) in [6.07, 6.45) is 4.02. The predicted octanol–water partition coefficient (Wildman–Crippen LogP) is -2.09. The molecule has 1 aliphatic heterocycles. The Morgan fingerprint density at radius 1 is 1.21 bits per heavy atom. The van der Waals surface area contributed by atoms with Gasteiger partial charge in [-0.05, 0) is 39.9 Å². The summed E-state index contributed by atoms with van der Waals surface area (Å²) in [5.74, 6) is -1.37. The Kier molecular flexibility index (Phi) is 23.0. The molecule has 0 bridgehead atoms. The van der Waals surface area contributed by atoms with Crippen molar-refractivity contribution in [2.75, 3.05) is 27.7 Å². The second-order valence-electron chi connectivity index (χ2n) is 5.53. The zero-order valence-electron chi connectivity index (χ0n) is 16.7. The van der Waals surface area contributed by atoms with Crippen molar-refractivity contribution in [3.05, 3.63) is 0 Å². The average Bonchev–Trinajstić information content (AvgIpc) is 3.14. The van der Waals surface area contributed by atoms with Gasteiger partial charge in [0.1, 0.15) is 18.9 Å². The summed E-state index contributed by atoms with van der Waals surface area (Å²) in [7, 11) is 4.34. The smallest absolute Gasteiger partial charge is 0.305 e. The van der Waals surface area contributed by atoms with E-state index in [4.69, 9.17) is 15.9 Å². The number of aliphatic carboxylic acids is 1. The van der Waals surface area contributed by atoms with Gasteiger partial charge >= 0.3 is 5.97 Å². The van der Waals surface area contributed by atoms with Crippen LogP contribution >= 0.6 is 0 Å². The Balaban J connectivity index is -0.000000440. The first-order valence-corrected chi connectivity index (χ1v) is 8.70. The lowest BCUT2D eigenvalue weighted by Gasteiger charge is -2.20. The number of aliphatic hydroxyl groups excluding tert-OH is 1. The molecule has 0 spiro atoms. The lowest BCUT2D eigenvalue weighted by Crippen LogP contribution is -2.47. The Morgan fingerprint density at radius 3 is 2.14 bits per heavy atom. The van der Waals surface area contributed by atoms with Gasteiger partial charge in [-0.2, -0.15) is 0 Å². The number of nitrogens with two attached hydrogens (primary N) is 2. The molecule has 11 nitrogen and oxygen atoms in total. The highest BCUT2D eigenvalue weighted by molar-refractivity contribution is 5.86. The molecule has 0 aliphatic carbocycles. The number of carboxylic acids is 1. The van der Waals surface area contributed by atoms with Gasteiger partial charge in [-0.25, -0.2) is 0 Å². The van der Waals surface area contributed by atoms with E-state index in [1.54, 1.807) is 0 Å². The van der Waals surface area contributed by atoms with Crippen LogP contribution in [0.5, 0.6) is 0 Å². The van der Waals surface area contributed by atoms with Crippen molar-refractivity contribution >= 4 is 30.7 Å². The van der Waals surface area contributed by atoms with Gasteiger partial charge in [0, 0.05) is 13.5 Å². The van der Waals surface area contributed by atoms with E-state index in [2.05, 4.69) is 11.1 Å². The Labute approximate surface area is 165 Å². The summed E-state index contributed by atoms with van der Waals surface area (Å²) in [5.41, 5.74) is 9.63. The van der Waals surface area contributed by atoms with Crippen molar-refractivity contribution in [3.63, 3.8) is 0 Å². The van der Waals surface area contributed by atoms with Crippen LogP contribution in [0.15, 0.2) is 0 Å². The van der Waals surface area contributed by atoms with E-state index in [-0.39, 0.29) is 18.4 Å². The van der Waals surface area contributed by atoms with E-state index in [1.807, 2.05) is 11.9 Å². The predicted molar refractivity (Wildman–Crippen MR) is 103 cm³/mol. The van der Waals surface area contributed by atoms with Crippen molar-refractivity contribution in [1.82, 2.24) is 10.2 Å². The van der Waals surface area contributed by atoms with Gasteiger partial charge in [0.05, 0.1) is 24.5 Å². The Morgan fingerprint density at radius 2 is 1.79 bits per heavy atom. The standard InChI is InChI=1S/C10H16N2O4.C5H9NO2.CH5N.CH4O/c1-12-4-2-3-8(12)10(16)11-7(6-13)5-9(14)15;6-5(4-8)2-1-3-7;2*1-2/h6-8H,2-5H2,1H3,(H,11,16)(H,14,15);3-5H,1-2,6H2;2H2,1H3;2H,1H3. The molecule has 0 saturated carbocycles. The number of aldehydes is 3. The van der Waals surface area contributed by atoms with Crippen molar-refractivity contribution < 1.29 is 34.2 Å². The summed E-state index contributed by atoms with van der Waals surface area (Å²) in [4.78, 5) is 54.0. The summed E-state index contributed by atoms with van der Waals surface area (Å²) in [5, 5.41) is 18.0.